The molecule has 0 radical (unpaired) electrons. The topological polar surface area (TPSA) is 15.8 Å². The molecule has 1 heterocycles. The summed E-state index contributed by atoms with van der Waals surface area (Å²) in [6.45, 7) is 4.30. The Balaban J connectivity index is 1.96. The first-order chi connectivity index (χ1) is 10.2. The molecule has 0 unspecified atom stereocenters. The molecule has 0 spiro atoms. The maximum Gasteiger partial charge on any atom is 0.0471 e. The molecule has 3 aromatic carbocycles. The van der Waals surface area contributed by atoms with Crippen LogP contribution in [0.4, 0.5) is 0 Å². The molecule has 1 nitrogen and oxygen atoms in total. The highest BCUT2D eigenvalue weighted by Crippen LogP contribution is 2.30. The lowest BCUT2D eigenvalue weighted by Gasteiger charge is -2.05. The third-order valence-corrected chi connectivity index (χ3v) is 4.06. The molecule has 21 heavy (non-hydrogen) atoms. The van der Waals surface area contributed by atoms with Crippen molar-refractivity contribution in [2.24, 2.45) is 0 Å². The molecule has 0 bridgehead atoms. The fraction of sp³-hybridized carbons (Fsp3) is 0.100. The van der Waals surface area contributed by atoms with Gasteiger partial charge in [-0.25, -0.2) is 0 Å². The second-order valence-corrected chi connectivity index (χ2v) is 5.81. The van der Waals surface area contributed by atoms with Gasteiger partial charge in [0.2, 0.25) is 0 Å². The highest BCUT2D eigenvalue weighted by atomic mass is 14.7. The van der Waals surface area contributed by atoms with Crippen LogP contribution in [-0.2, 0) is 0 Å². The molecule has 0 aliphatic heterocycles. The number of hydrogen-bond acceptors (Lipinski definition) is 0. The molecule has 4 rings (SSSR count). The fourth-order valence-electron chi connectivity index (χ4n) is 3.18. The first-order valence-electron chi connectivity index (χ1n) is 7.30. The van der Waals surface area contributed by atoms with E-state index in [1.54, 1.807) is 0 Å². The number of benzene rings is 3. The van der Waals surface area contributed by atoms with Crippen molar-refractivity contribution in [3.8, 4) is 11.1 Å². The van der Waals surface area contributed by atoms with Gasteiger partial charge in [-0.3, -0.25) is 0 Å². The van der Waals surface area contributed by atoms with Crippen LogP contribution in [0.25, 0.3) is 32.9 Å². The van der Waals surface area contributed by atoms with Crippen molar-refractivity contribution in [2.45, 2.75) is 13.8 Å². The van der Waals surface area contributed by atoms with Crippen molar-refractivity contribution in [2.75, 3.05) is 0 Å². The molecule has 0 aliphatic carbocycles. The Kier molecular flexibility index (Phi) is 2.61. The summed E-state index contributed by atoms with van der Waals surface area (Å²) < 4.78 is 0. The van der Waals surface area contributed by atoms with Crippen LogP contribution in [0.1, 0.15) is 11.1 Å². The zero-order chi connectivity index (χ0) is 14.4. The molecule has 1 N–H and O–H groups in total. The van der Waals surface area contributed by atoms with Gasteiger partial charge in [0.1, 0.15) is 0 Å². The lowest BCUT2D eigenvalue weighted by Crippen LogP contribution is -1.83. The van der Waals surface area contributed by atoms with Crippen LogP contribution in [0.2, 0.25) is 0 Å². The van der Waals surface area contributed by atoms with Gasteiger partial charge in [0.05, 0.1) is 0 Å². The summed E-state index contributed by atoms with van der Waals surface area (Å²) in [5.74, 6) is 0. The van der Waals surface area contributed by atoms with Crippen molar-refractivity contribution in [3.05, 3.63) is 71.8 Å². The first-order valence-corrected chi connectivity index (χ1v) is 7.30. The molecule has 0 saturated heterocycles. The minimum absolute atomic E-state index is 1.20. The van der Waals surface area contributed by atoms with Crippen LogP contribution in [-0.4, -0.2) is 4.98 Å². The smallest absolute Gasteiger partial charge is 0.0471 e. The van der Waals surface area contributed by atoms with E-state index >= 15 is 0 Å². The molecule has 0 amide bonds. The number of H-pyrrole nitrogens is 1. The second kappa shape index (κ2) is 4.49. The van der Waals surface area contributed by atoms with Crippen LogP contribution in [0.15, 0.2) is 60.7 Å². The summed E-state index contributed by atoms with van der Waals surface area (Å²) >= 11 is 0. The summed E-state index contributed by atoms with van der Waals surface area (Å²) in [6, 6.07) is 21.9. The number of nitrogens with one attached hydrogen (secondary N) is 1. The fourth-order valence-corrected chi connectivity index (χ4v) is 3.18. The standard InChI is InChI=1S/C20H17N/c1-13-9-14(2)11-16(10-13)15-7-8-18-17-5-3-4-6-19(17)21-20(18)12-15/h3-12,21H,1-2H3. The average molecular weight is 271 g/mol. The molecule has 1 aromatic heterocycles. The minimum Gasteiger partial charge on any atom is -0.354 e. The predicted molar refractivity (Wildman–Crippen MR) is 90.7 cm³/mol. The highest BCUT2D eigenvalue weighted by molar-refractivity contribution is 6.08. The summed E-state index contributed by atoms with van der Waals surface area (Å²) in [5.41, 5.74) is 7.57. The van der Waals surface area contributed by atoms with Crippen molar-refractivity contribution in [1.82, 2.24) is 4.98 Å². The quantitative estimate of drug-likeness (QED) is 0.463. The SMILES string of the molecule is Cc1cc(C)cc(-c2ccc3c(c2)[nH]c2ccccc23)c1. The Bertz CT molecular complexity index is 940. The van der Waals surface area contributed by atoms with Gasteiger partial charge in [0.25, 0.3) is 0 Å². The molecular formula is C20H17N. The highest BCUT2D eigenvalue weighted by Gasteiger charge is 2.06. The first kappa shape index (κ1) is 12.2. The molecule has 1 heteroatoms. The van der Waals surface area contributed by atoms with Gasteiger partial charge in [0.15, 0.2) is 0 Å². The zero-order valence-corrected chi connectivity index (χ0v) is 12.3. The van der Waals surface area contributed by atoms with E-state index in [4.69, 9.17) is 0 Å². The Morgan fingerprint density at radius 1 is 0.619 bits per heavy atom. The second-order valence-electron chi connectivity index (χ2n) is 5.81. The van der Waals surface area contributed by atoms with Crippen molar-refractivity contribution >= 4 is 21.8 Å². The van der Waals surface area contributed by atoms with Crippen molar-refractivity contribution in [3.63, 3.8) is 0 Å². The molecule has 0 fully saturated rings. The molecular weight excluding hydrogens is 254 g/mol. The van der Waals surface area contributed by atoms with E-state index in [1.165, 1.54) is 44.1 Å². The van der Waals surface area contributed by atoms with Gasteiger partial charge in [-0.1, -0.05) is 59.7 Å². The summed E-state index contributed by atoms with van der Waals surface area (Å²) in [6.07, 6.45) is 0. The van der Waals surface area contributed by atoms with Crippen LogP contribution in [0, 0.1) is 13.8 Å². The Morgan fingerprint density at radius 2 is 1.33 bits per heavy atom. The summed E-state index contributed by atoms with van der Waals surface area (Å²) in [5, 5.41) is 2.58. The van der Waals surface area contributed by atoms with Gasteiger partial charge >= 0.3 is 0 Å². The van der Waals surface area contributed by atoms with Crippen LogP contribution in [0.5, 0.6) is 0 Å². The maximum atomic E-state index is 3.52. The monoisotopic (exact) mass is 271 g/mol. The van der Waals surface area contributed by atoms with E-state index in [2.05, 4.69) is 79.5 Å². The minimum atomic E-state index is 1.20. The van der Waals surface area contributed by atoms with Gasteiger partial charge < -0.3 is 4.98 Å². The average Bonchev–Trinajstić information content (AvgIpc) is 2.83. The van der Waals surface area contributed by atoms with E-state index < -0.39 is 0 Å². The normalized spacial score (nSPS) is 11.3. The number of hydrogen-bond donors (Lipinski definition) is 1. The lowest BCUT2D eigenvalue weighted by molar-refractivity contribution is 1.38. The zero-order valence-electron chi connectivity index (χ0n) is 12.3. The van der Waals surface area contributed by atoms with E-state index in [0.29, 0.717) is 0 Å². The number of aromatic nitrogens is 1. The van der Waals surface area contributed by atoms with Gasteiger partial charge in [0, 0.05) is 21.8 Å². The van der Waals surface area contributed by atoms with Crippen LogP contribution < -0.4 is 0 Å². The maximum absolute atomic E-state index is 3.52. The number of aromatic amines is 1. The van der Waals surface area contributed by atoms with Gasteiger partial charge in [-0.15, -0.1) is 0 Å². The Morgan fingerprint density at radius 3 is 2.14 bits per heavy atom. The van der Waals surface area contributed by atoms with E-state index in [9.17, 15) is 0 Å². The van der Waals surface area contributed by atoms with Gasteiger partial charge in [-0.05, 0) is 37.1 Å². The largest absolute Gasteiger partial charge is 0.354 e. The number of rotatable bonds is 1. The van der Waals surface area contributed by atoms with E-state index in [1.807, 2.05) is 0 Å². The predicted octanol–water partition coefficient (Wildman–Crippen LogP) is 5.60. The molecule has 0 atom stereocenters. The lowest BCUT2D eigenvalue weighted by atomic mass is 9.99. The van der Waals surface area contributed by atoms with E-state index in [0.717, 1.165) is 0 Å². The Hall–Kier alpha value is -2.54. The molecule has 0 aliphatic rings. The van der Waals surface area contributed by atoms with Gasteiger partial charge in [-0.2, -0.15) is 0 Å². The number of aryl methyl sites for hydroxylation is 2. The number of fused-ring (bicyclic) bond motifs is 3. The third kappa shape index (κ3) is 2.02. The Labute approximate surface area is 124 Å². The summed E-state index contributed by atoms with van der Waals surface area (Å²) in [7, 11) is 0. The summed E-state index contributed by atoms with van der Waals surface area (Å²) in [4.78, 5) is 3.52. The number of para-hydroxylation sites is 1. The van der Waals surface area contributed by atoms with Crippen molar-refractivity contribution in [1.29, 1.82) is 0 Å². The molecule has 4 aromatic rings. The third-order valence-electron chi connectivity index (χ3n) is 4.06. The molecule has 102 valence electrons. The van der Waals surface area contributed by atoms with E-state index in [-0.39, 0.29) is 0 Å². The van der Waals surface area contributed by atoms with Crippen LogP contribution >= 0.6 is 0 Å². The molecule has 0 saturated carbocycles. The van der Waals surface area contributed by atoms with Crippen molar-refractivity contribution < 1.29 is 0 Å². The van der Waals surface area contributed by atoms with Crippen LogP contribution in [0.3, 0.4) is 0 Å².